The van der Waals surface area contributed by atoms with Gasteiger partial charge in [-0.2, -0.15) is 0 Å². The Kier molecular flexibility index (Phi) is 8.32. The van der Waals surface area contributed by atoms with Gasteiger partial charge in [-0.05, 0) is 61.5 Å². The first kappa shape index (κ1) is 28.0. The number of ketones is 1. The zero-order valence-corrected chi connectivity index (χ0v) is 23.8. The first-order valence-corrected chi connectivity index (χ1v) is 14.7. The van der Waals surface area contributed by atoms with Crippen LogP contribution in [0.4, 0.5) is 9.18 Å². The molecule has 0 saturated carbocycles. The number of nitrogens with zero attached hydrogens (tertiary/aromatic N) is 2. The highest BCUT2D eigenvalue weighted by Crippen LogP contribution is 2.53. The molecule has 210 valence electrons. The third-order valence-electron chi connectivity index (χ3n) is 7.94. The number of hydrogen-bond acceptors (Lipinski definition) is 5. The van der Waals surface area contributed by atoms with Crippen LogP contribution in [0.2, 0.25) is 0 Å². The standard InChI is InChI=1S/C31H35FN4O3S/c1-4-34-31(39)36-26(29-20(3)12-17-40-29)25(28(37)22-7-5-6-19(2)18-22)24(21-8-10-23(32)11-9-21)27(36)30(38)35-15-13-33-14-16-35/h5-12,17-18,24-27,33H,4,13-16H2,1-3H3,(H,34,39). The molecule has 2 aliphatic heterocycles. The van der Waals surface area contributed by atoms with Gasteiger partial charge in [0.25, 0.3) is 0 Å². The molecular weight excluding hydrogens is 527 g/mol. The molecule has 0 spiro atoms. The fourth-order valence-corrected chi connectivity index (χ4v) is 7.17. The van der Waals surface area contributed by atoms with Crippen molar-refractivity contribution in [1.29, 1.82) is 0 Å². The summed E-state index contributed by atoms with van der Waals surface area (Å²) in [5.41, 5.74) is 3.09. The fraction of sp³-hybridized carbons (Fsp3) is 0.387. The number of aryl methyl sites for hydroxylation is 2. The Balaban J connectivity index is 1.75. The van der Waals surface area contributed by atoms with Crippen LogP contribution < -0.4 is 10.6 Å². The highest BCUT2D eigenvalue weighted by molar-refractivity contribution is 7.10. The van der Waals surface area contributed by atoms with Crippen molar-refractivity contribution in [1.82, 2.24) is 20.4 Å². The quantitative estimate of drug-likeness (QED) is 0.428. The second-order valence-corrected chi connectivity index (χ2v) is 11.5. The first-order chi connectivity index (χ1) is 19.3. The molecule has 2 aliphatic rings. The molecule has 2 N–H and O–H groups in total. The van der Waals surface area contributed by atoms with Crippen molar-refractivity contribution in [3.05, 3.63) is 92.9 Å². The molecule has 1 aromatic heterocycles. The molecular formula is C31H35FN4O3S. The number of hydrogen-bond donors (Lipinski definition) is 2. The summed E-state index contributed by atoms with van der Waals surface area (Å²) in [6.45, 7) is 8.43. The summed E-state index contributed by atoms with van der Waals surface area (Å²) in [4.78, 5) is 47.2. The maximum Gasteiger partial charge on any atom is 0.318 e. The van der Waals surface area contributed by atoms with E-state index >= 15 is 0 Å². The van der Waals surface area contributed by atoms with Crippen LogP contribution in [0, 0.1) is 25.6 Å². The van der Waals surface area contributed by atoms with Gasteiger partial charge in [-0.3, -0.25) is 9.59 Å². The van der Waals surface area contributed by atoms with Crippen LogP contribution >= 0.6 is 11.3 Å². The molecule has 0 aliphatic carbocycles. The van der Waals surface area contributed by atoms with Crippen LogP contribution in [0.15, 0.2) is 60.0 Å². The maximum atomic E-state index is 14.6. The first-order valence-electron chi connectivity index (χ1n) is 13.8. The average molecular weight is 563 g/mol. The van der Waals surface area contributed by atoms with Gasteiger partial charge in [0, 0.05) is 49.1 Å². The minimum atomic E-state index is -0.944. The number of rotatable bonds is 6. The van der Waals surface area contributed by atoms with E-state index in [4.69, 9.17) is 0 Å². The van der Waals surface area contributed by atoms with Gasteiger partial charge in [-0.25, -0.2) is 9.18 Å². The summed E-state index contributed by atoms with van der Waals surface area (Å²) in [7, 11) is 0. The summed E-state index contributed by atoms with van der Waals surface area (Å²) in [5.74, 6) is -2.17. The number of carbonyl (C=O) groups excluding carboxylic acids is 3. The average Bonchev–Trinajstić information content (AvgIpc) is 3.54. The van der Waals surface area contributed by atoms with Gasteiger partial charge in [-0.1, -0.05) is 35.9 Å². The van der Waals surface area contributed by atoms with Crippen molar-refractivity contribution < 1.29 is 18.8 Å². The van der Waals surface area contributed by atoms with Crippen LogP contribution in [0.5, 0.6) is 0 Å². The van der Waals surface area contributed by atoms with Gasteiger partial charge >= 0.3 is 6.03 Å². The van der Waals surface area contributed by atoms with Gasteiger partial charge in [0.2, 0.25) is 5.91 Å². The third-order valence-corrected chi connectivity index (χ3v) is 9.03. The van der Waals surface area contributed by atoms with Gasteiger partial charge < -0.3 is 20.4 Å². The number of Topliss-reactive ketones (excluding diaryl/α,β-unsaturated/α-hetero) is 1. The molecule has 0 bridgehead atoms. The number of nitrogens with one attached hydrogen (secondary N) is 2. The van der Waals surface area contributed by atoms with E-state index < -0.39 is 29.7 Å². The smallest absolute Gasteiger partial charge is 0.318 e. The van der Waals surface area contributed by atoms with E-state index in [1.54, 1.807) is 28.0 Å². The SMILES string of the molecule is CCNC(=O)N1C(C(=O)N2CCNCC2)C(c2ccc(F)cc2)C(C(=O)c2cccc(C)c2)C1c1sccc1C. The van der Waals surface area contributed by atoms with E-state index in [1.165, 1.54) is 23.5 Å². The molecule has 3 aromatic rings. The lowest BCUT2D eigenvalue weighted by Crippen LogP contribution is -2.56. The zero-order chi connectivity index (χ0) is 28.4. The lowest BCUT2D eigenvalue weighted by molar-refractivity contribution is -0.136. The predicted molar refractivity (Wildman–Crippen MR) is 154 cm³/mol. The molecule has 0 radical (unpaired) electrons. The van der Waals surface area contributed by atoms with Crippen LogP contribution in [-0.2, 0) is 4.79 Å². The summed E-state index contributed by atoms with van der Waals surface area (Å²) in [6.07, 6.45) is 0. The second-order valence-electron chi connectivity index (χ2n) is 10.5. The molecule has 2 aromatic carbocycles. The highest BCUT2D eigenvalue weighted by atomic mass is 32.1. The zero-order valence-electron chi connectivity index (χ0n) is 23.0. The Morgan fingerprint density at radius 3 is 2.40 bits per heavy atom. The number of piperazine rings is 1. The van der Waals surface area contributed by atoms with Gasteiger partial charge in [-0.15, -0.1) is 11.3 Å². The van der Waals surface area contributed by atoms with Gasteiger partial charge in [0.15, 0.2) is 5.78 Å². The van der Waals surface area contributed by atoms with Crippen molar-refractivity contribution in [2.45, 2.75) is 38.8 Å². The molecule has 5 rings (SSSR count). The van der Waals surface area contributed by atoms with Crippen molar-refractivity contribution in [3.8, 4) is 0 Å². The van der Waals surface area contributed by atoms with E-state index in [9.17, 15) is 18.8 Å². The van der Waals surface area contributed by atoms with Crippen molar-refractivity contribution in [2.24, 2.45) is 5.92 Å². The number of urea groups is 1. The molecule has 4 unspecified atom stereocenters. The Labute approximate surface area is 238 Å². The lowest BCUT2D eigenvalue weighted by Gasteiger charge is -2.36. The van der Waals surface area contributed by atoms with Crippen LogP contribution in [0.3, 0.4) is 0 Å². The van der Waals surface area contributed by atoms with E-state index in [0.717, 1.165) is 16.0 Å². The Morgan fingerprint density at radius 1 is 1.05 bits per heavy atom. The minimum absolute atomic E-state index is 0.138. The van der Waals surface area contributed by atoms with E-state index in [0.29, 0.717) is 43.9 Å². The fourth-order valence-electron chi connectivity index (χ4n) is 6.10. The highest BCUT2D eigenvalue weighted by Gasteiger charge is 2.58. The van der Waals surface area contributed by atoms with Gasteiger partial charge in [0.05, 0.1) is 12.0 Å². The largest absolute Gasteiger partial charge is 0.338 e. The molecule has 7 nitrogen and oxygen atoms in total. The van der Waals surface area contributed by atoms with Crippen molar-refractivity contribution >= 4 is 29.1 Å². The Hall–Kier alpha value is -3.56. The maximum absolute atomic E-state index is 14.6. The number of halogens is 1. The van der Waals surface area contributed by atoms with Crippen LogP contribution in [0.1, 0.15) is 50.8 Å². The number of likely N-dealkylation sites (tertiary alicyclic amines) is 1. The second kappa shape index (κ2) is 11.9. The van der Waals surface area contributed by atoms with Crippen LogP contribution in [0.25, 0.3) is 0 Å². The normalized spacial score (nSPS) is 22.8. The lowest BCUT2D eigenvalue weighted by atomic mass is 9.76. The Bertz CT molecular complexity index is 1390. The molecule has 3 amide bonds. The monoisotopic (exact) mass is 562 g/mol. The number of thiophene rings is 1. The predicted octanol–water partition coefficient (Wildman–Crippen LogP) is 4.67. The van der Waals surface area contributed by atoms with E-state index in [2.05, 4.69) is 10.6 Å². The summed E-state index contributed by atoms with van der Waals surface area (Å²) in [5, 5.41) is 8.14. The van der Waals surface area contributed by atoms with E-state index in [-0.39, 0.29) is 17.7 Å². The molecule has 4 atom stereocenters. The molecule has 3 heterocycles. The number of carbonyl (C=O) groups is 3. The van der Waals surface area contributed by atoms with Crippen molar-refractivity contribution in [2.75, 3.05) is 32.7 Å². The third kappa shape index (κ3) is 5.28. The molecule has 9 heteroatoms. The minimum Gasteiger partial charge on any atom is -0.338 e. The van der Waals surface area contributed by atoms with Gasteiger partial charge in [0.1, 0.15) is 11.9 Å². The number of benzene rings is 2. The summed E-state index contributed by atoms with van der Waals surface area (Å²) in [6, 6.07) is 13.4. The topological polar surface area (TPSA) is 81.8 Å². The van der Waals surface area contributed by atoms with Crippen LogP contribution in [-0.4, -0.2) is 66.3 Å². The summed E-state index contributed by atoms with van der Waals surface area (Å²) < 4.78 is 14.1. The molecule has 2 saturated heterocycles. The van der Waals surface area contributed by atoms with E-state index in [1.807, 2.05) is 50.4 Å². The summed E-state index contributed by atoms with van der Waals surface area (Å²) >= 11 is 1.49. The molecule has 2 fully saturated rings. The number of amides is 3. The van der Waals surface area contributed by atoms with Crippen molar-refractivity contribution in [3.63, 3.8) is 0 Å². The Morgan fingerprint density at radius 2 is 1.77 bits per heavy atom. The molecule has 40 heavy (non-hydrogen) atoms.